The molecular weight excluding hydrogens is 272 g/mol. The fraction of sp³-hybridized carbons (Fsp3) is 0.533. The summed E-state index contributed by atoms with van der Waals surface area (Å²) in [6.45, 7) is 0.0950. The fourth-order valence-corrected chi connectivity index (χ4v) is 3.30. The van der Waals surface area contributed by atoms with Crippen molar-refractivity contribution in [3.63, 3.8) is 0 Å². The lowest BCUT2D eigenvalue weighted by Gasteiger charge is -2.20. The van der Waals surface area contributed by atoms with Crippen molar-refractivity contribution in [3.05, 3.63) is 35.4 Å². The van der Waals surface area contributed by atoms with E-state index in [-0.39, 0.29) is 24.7 Å². The van der Waals surface area contributed by atoms with Gasteiger partial charge in [-0.3, -0.25) is 0 Å². The molecule has 0 heterocycles. The second kappa shape index (κ2) is 7.55. The maximum Gasteiger partial charge on any atom is 0.315 e. The Morgan fingerprint density at radius 1 is 1.50 bits per heavy atom. The summed E-state index contributed by atoms with van der Waals surface area (Å²) < 4.78 is 0. The number of hydrogen-bond acceptors (Lipinski definition) is 3. The Morgan fingerprint density at radius 2 is 2.30 bits per heavy atom. The van der Waals surface area contributed by atoms with Crippen molar-refractivity contribution in [3.8, 4) is 0 Å². The molecule has 0 spiro atoms. The molecule has 1 aromatic carbocycles. The van der Waals surface area contributed by atoms with Crippen molar-refractivity contribution >= 4 is 17.8 Å². The summed E-state index contributed by atoms with van der Waals surface area (Å²) in [6, 6.07) is 8.24. The van der Waals surface area contributed by atoms with E-state index < -0.39 is 0 Å². The molecule has 2 atom stereocenters. The zero-order chi connectivity index (χ0) is 14.4. The summed E-state index contributed by atoms with van der Waals surface area (Å²) >= 11 is 1.67. The molecule has 20 heavy (non-hydrogen) atoms. The Balaban J connectivity index is 1.89. The number of rotatable bonds is 6. The van der Waals surface area contributed by atoms with E-state index >= 15 is 0 Å². The maximum absolute atomic E-state index is 12.1. The molecule has 1 aliphatic carbocycles. The van der Waals surface area contributed by atoms with E-state index in [2.05, 4.69) is 22.8 Å². The number of aliphatic hydroxyl groups excluding tert-OH is 1. The van der Waals surface area contributed by atoms with E-state index in [1.54, 1.807) is 11.8 Å². The molecule has 110 valence electrons. The molecule has 0 bridgehead atoms. The van der Waals surface area contributed by atoms with Crippen molar-refractivity contribution in [1.82, 2.24) is 10.6 Å². The number of benzene rings is 1. The zero-order valence-electron chi connectivity index (χ0n) is 11.8. The zero-order valence-corrected chi connectivity index (χ0v) is 12.6. The monoisotopic (exact) mass is 294 g/mol. The molecule has 2 unspecified atom stereocenters. The Bertz CT molecular complexity index is 447. The number of urea groups is 1. The van der Waals surface area contributed by atoms with E-state index in [1.807, 2.05) is 18.4 Å². The summed E-state index contributed by atoms with van der Waals surface area (Å²) in [7, 11) is 0. The second-order valence-electron chi connectivity index (χ2n) is 5.07. The molecule has 4 nitrogen and oxygen atoms in total. The van der Waals surface area contributed by atoms with Gasteiger partial charge in [-0.2, -0.15) is 11.8 Å². The number of carbonyl (C=O) groups is 1. The summed E-state index contributed by atoms with van der Waals surface area (Å²) in [6.07, 6.45) is 4.57. The van der Waals surface area contributed by atoms with Crippen LogP contribution in [0.1, 0.15) is 30.0 Å². The Morgan fingerprint density at radius 3 is 3.05 bits per heavy atom. The van der Waals surface area contributed by atoms with Gasteiger partial charge < -0.3 is 15.7 Å². The Labute approximate surface area is 124 Å². The molecular formula is C15H22N2O2S. The molecule has 0 saturated heterocycles. The highest BCUT2D eigenvalue weighted by atomic mass is 32.2. The topological polar surface area (TPSA) is 61.4 Å². The summed E-state index contributed by atoms with van der Waals surface area (Å²) in [5.74, 6) is 0.815. The molecule has 0 fully saturated rings. The summed E-state index contributed by atoms with van der Waals surface area (Å²) in [5, 5.41) is 15.0. The summed E-state index contributed by atoms with van der Waals surface area (Å²) in [4.78, 5) is 12.1. The molecule has 0 aliphatic heterocycles. The number of fused-ring (bicyclic) bond motifs is 1. The Hall–Kier alpha value is -1.20. The predicted molar refractivity (Wildman–Crippen MR) is 83.0 cm³/mol. The SMILES string of the molecule is CSCC(CCO)NC(=O)NC1CCc2ccccc21. The van der Waals surface area contributed by atoms with Crippen molar-refractivity contribution < 1.29 is 9.90 Å². The summed E-state index contributed by atoms with van der Waals surface area (Å²) in [5.41, 5.74) is 2.56. The van der Waals surface area contributed by atoms with Gasteiger partial charge in [-0.1, -0.05) is 24.3 Å². The predicted octanol–water partition coefficient (Wildman–Crippen LogP) is 2.09. The van der Waals surface area contributed by atoms with Crippen LogP contribution < -0.4 is 10.6 Å². The minimum Gasteiger partial charge on any atom is -0.396 e. The highest BCUT2D eigenvalue weighted by molar-refractivity contribution is 7.98. The third kappa shape index (κ3) is 3.90. The van der Waals surface area contributed by atoms with Crippen LogP contribution in [-0.4, -0.2) is 35.8 Å². The molecule has 2 amide bonds. The fourth-order valence-electron chi connectivity index (χ4n) is 2.65. The van der Waals surface area contributed by atoms with Crippen molar-refractivity contribution in [2.24, 2.45) is 0 Å². The number of aryl methyl sites for hydroxylation is 1. The second-order valence-corrected chi connectivity index (χ2v) is 5.98. The van der Waals surface area contributed by atoms with Gasteiger partial charge in [0.05, 0.1) is 6.04 Å². The third-order valence-electron chi connectivity index (χ3n) is 3.62. The van der Waals surface area contributed by atoms with Crippen LogP contribution in [0.15, 0.2) is 24.3 Å². The normalized spacial score (nSPS) is 18.4. The molecule has 3 N–H and O–H groups in total. The van der Waals surface area contributed by atoms with E-state index in [0.717, 1.165) is 18.6 Å². The lowest BCUT2D eigenvalue weighted by Crippen LogP contribution is -2.44. The van der Waals surface area contributed by atoms with Gasteiger partial charge >= 0.3 is 6.03 Å². The van der Waals surface area contributed by atoms with Crippen LogP contribution in [0.3, 0.4) is 0 Å². The maximum atomic E-state index is 12.1. The van der Waals surface area contributed by atoms with Gasteiger partial charge in [0, 0.05) is 18.4 Å². The molecule has 1 aromatic rings. The van der Waals surface area contributed by atoms with Gasteiger partial charge in [-0.15, -0.1) is 0 Å². The van der Waals surface area contributed by atoms with Gasteiger partial charge in [0.1, 0.15) is 0 Å². The van der Waals surface area contributed by atoms with E-state index in [4.69, 9.17) is 5.11 Å². The standard InChI is InChI=1S/C15H22N2O2S/c1-20-10-12(8-9-18)16-15(19)17-14-7-6-11-4-2-3-5-13(11)14/h2-5,12,14,18H,6-10H2,1H3,(H2,16,17,19). The molecule has 0 radical (unpaired) electrons. The van der Waals surface area contributed by atoms with Crippen LogP contribution in [-0.2, 0) is 6.42 Å². The van der Waals surface area contributed by atoms with Crippen LogP contribution >= 0.6 is 11.8 Å². The number of carbonyl (C=O) groups excluding carboxylic acids is 1. The van der Waals surface area contributed by atoms with E-state index in [9.17, 15) is 4.79 Å². The first-order valence-corrected chi connectivity index (χ1v) is 8.38. The average molecular weight is 294 g/mol. The number of nitrogens with one attached hydrogen (secondary N) is 2. The van der Waals surface area contributed by atoms with E-state index in [1.165, 1.54) is 11.1 Å². The van der Waals surface area contributed by atoms with Gasteiger partial charge in [0.25, 0.3) is 0 Å². The number of thioether (sulfide) groups is 1. The molecule has 0 aromatic heterocycles. The third-order valence-corrected chi connectivity index (χ3v) is 4.35. The lowest BCUT2D eigenvalue weighted by molar-refractivity contribution is 0.228. The minimum absolute atomic E-state index is 0.0200. The number of hydrogen-bond donors (Lipinski definition) is 3. The highest BCUT2D eigenvalue weighted by Crippen LogP contribution is 2.30. The largest absolute Gasteiger partial charge is 0.396 e. The van der Waals surface area contributed by atoms with Crippen molar-refractivity contribution in [2.45, 2.75) is 31.3 Å². The number of aliphatic hydroxyl groups is 1. The van der Waals surface area contributed by atoms with Crippen molar-refractivity contribution in [2.75, 3.05) is 18.6 Å². The van der Waals surface area contributed by atoms with Crippen LogP contribution in [0.25, 0.3) is 0 Å². The first-order chi connectivity index (χ1) is 9.74. The molecule has 2 rings (SSSR count). The van der Waals surface area contributed by atoms with Gasteiger partial charge in [-0.05, 0) is 36.6 Å². The quantitative estimate of drug-likeness (QED) is 0.753. The van der Waals surface area contributed by atoms with E-state index in [0.29, 0.717) is 6.42 Å². The Kier molecular flexibility index (Phi) is 5.73. The molecule has 1 aliphatic rings. The van der Waals surface area contributed by atoms with Gasteiger partial charge in [-0.25, -0.2) is 4.79 Å². The highest BCUT2D eigenvalue weighted by Gasteiger charge is 2.23. The smallest absolute Gasteiger partial charge is 0.315 e. The first-order valence-electron chi connectivity index (χ1n) is 6.99. The van der Waals surface area contributed by atoms with Gasteiger partial charge in [0.15, 0.2) is 0 Å². The molecule has 0 saturated carbocycles. The first kappa shape index (κ1) is 15.2. The average Bonchev–Trinajstić information content (AvgIpc) is 2.83. The lowest BCUT2D eigenvalue weighted by atomic mass is 10.1. The minimum atomic E-state index is -0.140. The van der Waals surface area contributed by atoms with Crippen LogP contribution in [0, 0.1) is 0 Å². The number of amides is 2. The van der Waals surface area contributed by atoms with Crippen LogP contribution in [0.4, 0.5) is 4.79 Å². The van der Waals surface area contributed by atoms with Gasteiger partial charge in [0.2, 0.25) is 0 Å². The van der Waals surface area contributed by atoms with Crippen LogP contribution in [0.5, 0.6) is 0 Å². The molecule has 5 heteroatoms. The van der Waals surface area contributed by atoms with Crippen LogP contribution in [0.2, 0.25) is 0 Å². The van der Waals surface area contributed by atoms with Crippen molar-refractivity contribution in [1.29, 1.82) is 0 Å².